The van der Waals surface area contributed by atoms with Crippen molar-refractivity contribution in [3.63, 3.8) is 0 Å². The molecule has 1 unspecified atom stereocenters. The van der Waals surface area contributed by atoms with E-state index in [2.05, 4.69) is 0 Å². The molecule has 5 heteroatoms. The van der Waals surface area contributed by atoms with Crippen LogP contribution in [0.1, 0.15) is 31.9 Å². The zero-order valence-electron chi connectivity index (χ0n) is 11.0. The lowest BCUT2D eigenvalue weighted by Gasteiger charge is -2.36. The molecule has 0 radical (unpaired) electrons. The quantitative estimate of drug-likeness (QED) is 0.619. The van der Waals surface area contributed by atoms with E-state index in [1.807, 2.05) is 13.0 Å². The van der Waals surface area contributed by atoms with Gasteiger partial charge in [-0.2, -0.15) is 13.2 Å². The van der Waals surface area contributed by atoms with Gasteiger partial charge in [-0.15, -0.1) is 0 Å². The Labute approximate surface area is 117 Å². The Morgan fingerprint density at radius 1 is 1.26 bits per heavy atom. The van der Waals surface area contributed by atoms with E-state index in [4.69, 9.17) is 10.7 Å². The predicted octanol–water partition coefficient (Wildman–Crippen LogP) is 6.10. The molecule has 1 aliphatic rings. The number of hydrogen-bond donors (Lipinski definition) is 0. The first kappa shape index (κ1) is 14.8. The number of alkyl halides is 3. The van der Waals surface area contributed by atoms with Crippen LogP contribution in [-0.4, -0.2) is 5.51 Å². The second-order valence-corrected chi connectivity index (χ2v) is 8.75. The van der Waals surface area contributed by atoms with Crippen molar-refractivity contribution in [1.29, 1.82) is 0 Å². The van der Waals surface area contributed by atoms with E-state index >= 15 is 0 Å². The van der Waals surface area contributed by atoms with Crippen LogP contribution in [0.5, 0.6) is 0 Å². The summed E-state index contributed by atoms with van der Waals surface area (Å²) in [6.45, 7) is 5.44. The van der Waals surface area contributed by atoms with Gasteiger partial charge in [0.15, 0.2) is 0 Å². The number of allylic oxidation sites excluding steroid dienone is 1. The Kier molecular flexibility index (Phi) is 3.69. The molecule has 0 saturated heterocycles. The first-order valence-corrected chi connectivity index (χ1v) is 8.61. The average molecular weight is 309 g/mol. The van der Waals surface area contributed by atoms with E-state index < -0.39 is 14.7 Å². The Bertz CT molecular complexity index is 534. The van der Waals surface area contributed by atoms with Crippen molar-refractivity contribution >= 4 is 26.0 Å². The fourth-order valence-corrected chi connectivity index (χ4v) is 5.82. The second-order valence-electron chi connectivity index (χ2n) is 4.91. The van der Waals surface area contributed by atoms with Crippen LogP contribution in [0.4, 0.5) is 13.2 Å². The Morgan fingerprint density at radius 2 is 1.89 bits per heavy atom. The van der Waals surface area contributed by atoms with Gasteiger partial charge in [-0.05, 0) is 60.4 Å². The highest BCUT2D eigenvalue weighted by Gasteiger charge is 2.56. The zero-order valence-corrected chi connectivity index (χ0v) is 12.6. The number of benzene rings is 1. The third kappa shape index (κ3) is 2.19. The van der Waals surface area contributed by atoms with Gasteiger partial charge in [-0.3, -0.25) is 0 Å². The smallest absolute Gasteiger partial charge is 0.160 e. The van der Waals surface area contributed by atoms with Crippen LogP contribution in [0, 0.1) is 5.92 Å². The summed E-state index contributed by atoms with van der Waals surface area (Å²) >= 11 is 0. The lowest BCUT2D eigenvalue weighted by molar-refractivity contribution is -0.0360. The van der Waals surface area contributed by atoms with Gasteiger partial charge in [0.25, 0.3) is 0 Å². The first-order valence-electron chi connectivity index (χ1n) is 6.15. The van der Waals surface area contributed by atoms with Crippen molar-refractivity contribution in [2.75, 3.05) is 0 Å². The van der Waals surface area contributed by atoms with Crippen LogP contribution < -0.4 is 0 Å². The summed E-state index contributed by atoms with van der Waals surface area (Å²) in [7, 11) is 2.74. The van der Waals surface area contributed by atoms with Crippen LogP contribution >= 0.6 is 19.9 Å². The normalized spacial score (nSPS) is 26.0. The van der Waals surface area contributed by atoms with Crippen molar-refractivity contribution < 1.29 is 13.2 Å². The van der Waals surface area contributed by atoms with E-state index in [-0.39, 0.29) is 10.8 Å². The molecule has 19 heavy (non-hydrogen) atoms. The van der Waals surface area contributed by atoms with Gasteiger partial charge in [0.1, 0.15) is 0 Å². The molecule has 0 aromatic heterocycles. The molecule has 0 saturated carbocycles. The van der Waals surface area contributed by atoms with E-state index in [0.717, 1.165) is 5.56 Å². The van der Waals surface area contributed by atoms with Crippen LogP contribution in [-0.2, 0) is 6.42 Å². The highest BCUT2D eigenvalue weighted by atomic mass is 35.7. The zero-order chi connectivity index (χ0) is 14.4. The summed E-state index contributed by atoms with van der Waals surface area (Å²) in [5.74, 6) is -0.216. The molecular formula is C14H16ClF3S. The molecule has 2 rings (SSSR count). The predicted molar refractivity (Wildman–Crippen MR) is 76.4 cm³/mol. The van der Waals surface area contributed by atoms with E-state index in [0.29, 0.717) is 16.9 Å². The summed E-state index contributed by atoms with van der Waals surface area (Å²) in [6, 6.07) is 5.24. The summed E-state index contributed by atoms with van der Waals surface area (Å²) in [4.78, 5) is 0.564. The number of hydrogen-bond acceptors (Lipinski definition) is 0. The highest BCUT2D eigenvalue weighted by Crippen LogP contribution is 2.80. The molecule has 0 spiro atoms. The largest absolute Gasteiger partial charge is 0.445 e. The molecule has 1 aliphatic heterocycles. The van der Waals surface area contributed by atoms with Crippen molar-refractivity contribution in [2.24, 2.45) is 5.92 Å². The fourth-order valence-electron chi connectivity index (χ4n) is 2.27. The minimum Gasteiger partial charge on any atom is -0.160 e. The Hall–Kier alpha value is -0.610. The summed E-state index contributed by atoms with van der Waals surface area (Å²) < 4.78 is 40.6. The maximum atomic E-state index is 13.5. The van der Waals surface area contributed by atoms with Crippen LogP contribution in [0.15, 0.2) is 28.0 Å². The van der Waals surface area contributed by atoms with Crippen LogP contribution in [0.3, 0.4) is 0 Å². The maximum Gasteiger partial charge on any atom is 0.445 e. The van der Waals surface area contributed by atoms with Crippen molar-refractivity contribution in [3.05, 3.63) is 34.2 Å². The molecule has 0 amide bonds. The third-order valence-electron chi connectivity index (χ3n) is 3.30. The molecule has 106 valence electrons. The van der Waals surface area contributed by atoms with Gasteiger partial charge >= 0.3 is 5.51 Å². The Morgan fingerprint density at radius 3 is 2.37 bits per heavy atom. The van der Waals surface area contributed by atoms with Crippen LogP contribution in [0.2, 0.25) is 0 Å². The van der Waals surface area contributed by atoms with E-state index in [1.54, 1.807) is 32.1 Å². The van der Waals surface area contributed by atoms with Gasteiger partial charge in [0.05, 0.1) is 0 Å². The number of halogens is 4. The molecule has 0 aliphatic carbocycles. The number of fused-ring (bicyclic) bond motifs is 1. The number of rotatable bonds is 2. The highest BCUT2D eigenvalue weighted by molar-refractivity contribution is 8.54. The van der Waals surface area contributed by atoms with Crippen molar-refractivity contribution in [2.45, 2.75) is 37.6 Å². The van der Waals surface area contributed by atoms with E-state index in [9.17, 15) is 13.2 Å². The number of aryl methyl sites for hydroxylation is 1. The second kappa shape index (κ2) is 4.74. The maximum absolute atomic E-state index is 13.5. The topological polar surface area (TPSA) is 0 Å². The van der Waals surface area contributed by atoms with Gasteiger partial charge in [0, 0.05) is 4.90 Å². The van der Waals surface area contributed by atoms with Gasteiger partial charge in [-0.25, -0.2) is 0 Å². The minimum atomic E-state index is -4.41. The van der Waals surface area contributed by atoms with Crippen LogP contribution in [0.25, 0.3) is 6.08 Å². The van der Waals surface area contributed by atoms with Crippen molar-refractivity contribution in [3.8, 4) is 0 Å². The summed E-state index contributed by atoms with van der Waals surface area (Å²) in [5, 5.41) is 0. The standard InChI is InChI=1S/C14H16ClF3S/c1-4-10-5-6-11-8-12(9(2)3)19(15,13(11)7-10)14(16,17)18/h5-9H,4H2,1-3H3. The fraction of sp³-hybridized carbons (Fsp3) is 0.429. The SMILES string of the molecule is CCc1ccc2c(c1)S(Cl)(C(F)(F)F)C(C(C)C)=C2. The molecule has 1 heterocycles. The molecule has 0 fully saturated rings. The van der Waals surface area contributed by atoms with Gasteiger partial charge in [0.2, 0.25) is 0 Å². The monoisotopic (exact) mass is 308 g/mol. The lowest BCUT2D eigenvalue weighted by Crippen LogP contribution is -2.18. The first-order chi connectivity index (χ1) is 8.71. The molecular weight excluding hydrogens is 293 g/mol. The Balaban J connectivity index is 2.67. The molecule has 0 bridgehead atoms. The average Bonchev–Trinajstić information content (AvgIpc) is 2.63. The third-order valence-corrected chi connectivity index (χ3v) is 7.69. The van der Waals surface area contributed by atoms with E-state index in [1.165, 1.54) is 0 Å². The van der Waals surface area contributed by atoms with Gasteiger partial charge in [-0.1, -0.05) is 32.9 Å². The summed E-state index contributed by atoms with van der Waals surface area (Å²) in [6.07, 6.45) is 2.32. The molecule has 1 atom stereocenters. The summed E-state index contributed by atoms with van der Waals surface area (Å²) in [5.41, 5.74) is -2.91. The lowest BCUT2D eigenvalue weighted by atomic mass is 10.1. The van der Waals surface area contributed by atoms with Crippen molar-refractivity contribution in [1.82, 2.24) is 0 Å². The molecule has 0 nitrogen and oxygen atoms in total. The minimum absolute atomic E-state index is 0.216. The molecule has 1 aromatic rings. The molecule has 1 aromatic carbocycles. The van der Waals surface area contributed by atoms with Gasteiger partial charge < -0.3 is 0 Å². The molecule has 0 N–H and O–H groups in total.